The minimum absolute atomic E-state index is 0.0569. The lowest BCUT2D eigenvalue weighted by molar-refractivity contribution is -0.162. The van der Waals surface area contributed by atoms with Gasteiger partial charge in [-0.2, -0.15) is 0 Å². The molecule has 1 atom stereocenters. The number of esters is 2. The second-order valence-corrected chi connectivity index (χ2v) is 12.6. The molecule has 0 radical (unpaired) electrons. The van der Waals surface area contributed by atoms with Crippen LogP contribution in [-0.2, 0) is 32.7 Å². The largest absolute Gasteiger partial charge is 0.477 e. The van der Waals surface area contributed by atoms with E-state index in [1.165, 1.54) is 24.3 Å². The predicted octanol–water partition coefficient (Wildman–Crippen LogP) is 5.89. The van der Waals surface area contributed by atoms with Gasteiger partial charge in [-0.1, -0.05) is 6.07 Å². The maximum atomic E-state index is 15.5. The van der Waals surface area contributed by atoms with E-state index in [1.807, 2.05) is 0 Å². The van der Waals surface area contributed by atoms with E-state index in [2.05, 4.69) is 0 Å². The van der Waals surface area contributed by atoms with Gasteiger partial charge in [0, 0.05) is 4.70 Å². The first-order chi connectivity index (χ1) is 15.5. The number of benzene rings is 1. The van der Waals surface area contributed by atoms with Crippen LogP contribution in [0.2, 0.25) is 0 Å². The maximum Gasteiger partial charge on any atom is 0.374 e. The van der Waals surface area contributed by atoms with Crippen LogP contribution in [0.1, 0.15) is 62.7 Å². The molecule has 0 aliphatic rings. The lowest BCUT2D eigenvalue weighted by Gasteiger charge is -2.24. The fourth-order valence-electron chi connectivity index (χ4n) is 2.41. The Morgan fingerprint density at radius 2 is 1.47 bits per heavy atom. The second-order valence-electron chi connectivity index (χ2n) is 9.45. The molecule has 0 saturated heterocycles. The first kappa shape index (κ1) is 27.9. The normalized spacial score (nSPS) is 13.5. The maximum absolute atomic E-state index is 15.5. The molecule has 0 amide bonds. The summed E-state index contributed by atoms with van der Waals surface area (Å²) in [5, 5.41) is 9.58. The Bertz CT molecular complexity index is 1080. The molecular formula is C22H28FO9PS. The SMILES string of the molecule is CC(C)(C)C(=O)OCOP(=O)(OCOC(=O)C(C)(C)C)[C@H](F)c1ccc2sc(C(=O)O)cc2c1. The monoisotopic (exact) mass is 518 g/mol. The van der Waals surface area contributed by atoms with Crippen LogP contribution in [0.15, 0.2) is 24.3 Å². The third kappa shape index (κ3) is 7.09. The van der Waals surface area contributed by atoms with Gasteiger partial charge in [-0.05, 0) is 70.7 Å². The summed E-state index contributed by atoms with van der Waals surface area (Å²) in [6.07, 6.45) is 0. The number of alkyl halides is 1. The summed E-state index contributed by atoms with van der Waals surface area (Å²) < 4.78 is 49.4. The molecule has 0 aliphatic heterocycles. The molecule has 2 rings (SSSR count). The van der Waals surface area contributed by atoms with Crippen LogP contribution in [0, 0.1) is 10.8 Å². The van der Waals surface area contributed by atoms with Gasteiger partial charge in [0.2, 0.25) is 19.5 Å². The number of hydrogen-bond acceptors (Lipinski definition) is 9. The van der Waals surface area contributed by atoms with Gasteiger partial charge in [0.15, 0.2) is 0 Å². The van der Waals surface area contributed by atoms with Crippen molar-refractivity contribution in [1.82, 2.24) is 0 Å². The number of ether oxygens (including phenoxy) is 2. The molecule has 0 spiro atoms. The second kappa shape index (κ2) is 10.5. The Hall–Kier alpha value is -2.33. The zero-order valence-electron chi connectivity index (χ0n) is 19.7. The van der Waals surface area contributed by atoms with Crippen LogP contribution in [0.25, 0.3) is 10.1 Å². The van der Waals surface area contributed by atoms with Crippen molar-refractivity contribution in [2.75, 3.05) is 13.6 Å². The summed E-state index contributed by atoms with van der Waals surface area (Å²) >= 11 is 1.00. The average molecular weight is 518 g/mol. The number of carbonyl (C=O) groups is 3. The number of aromatic carboxylic acids is 1. The lowest BCUT2D eigenvalue weighted by atomic mass is 9.98. The van der Waals surface area contributed by atoms with E-state index in [4.69, 9.17) is 23.6 Å². The van der Waals surface area contributed by atoms with E-state index in [-0.39, 0.29) is 10.4 Å². The molecule has 0 aliphatic carbocycles. The van der Waals surface area contributed by atoms with E-state index in [9.17, 15) is 18.9 Å². The number of rotatable bonds is 9. The molecule has 0 saturated carbocycles. The van der Waals surface area contributed by atoms with Crippen molar-refractivity contribution in [3.8, 4) is 0 Å². The van der Waals surface area contributed by atoms with Crippen molar-refractivity contribution in [3.63, 3.8) is 0 Å². The molecular weight excluding hydrogens is 490 g/mol. The summed E-state index contributed by atoms with van der Waals surface area (Å²) in [6.45, 7) is 7.85. The number of carbonyl (C=O) groups excluding carboxylic acids is 2. The molecule has 0 fully saturated rings. The zero-order valence-corrected chi connectivity index (χ0v) is 21.5. The number of carboxylic acid groups (broad SMARTS) is 1. The minimum atomic E-state index is -4.67. The van der Waals surface area contributed by atoms with Crippen molar-refractivity contribution < 1.29 is 47.0 Å². The number of carboxylic acids is 1. The highest BCUT2D eigenvalue weighted by Gasteiger charge is 2.40. The van der Waals surface area contributed by atoms with Gasteiger partial charge in [-0.3, -0.25) is 23.2 Å². The Balaban J connectivity index is 2.26. The van der Waals surface area contributed by atoms with Crippen molar-refractivity contribution in [2.24, 2.45) is 10.8 Å². The minimum Gasteiger partial charge on any atom is -0.477 e. The van der Waals surface area contributed by atoms with Crippen molar-refractivity contribution in [3.05, 3.63) is 34.7 Å². The quantitative estimate of drug-likeness (QED) is 0.246. The van der Waals surface area contributed by atoms with Gasteiger partial charge in [-0.15, -0.1) is 11.3 Å². The molecule has 1 heterocycles. The molecule has 1 aromatic heterocycles. The molecule has 34 heavy (non-hydrogen) atoms. The summed E-state index contributed by atoms with van der Waals surface area (Å²) in [6, 6.07) is 5.49. The van der Waals surface area contributed by atoms with Gasteiger partial charge in [0.25, 0.3) is 0 Å². The fraction of sp³-hybridized carbons (Fsp3) is 0.500. The van der Waals surface area contributed by atoms with E-state index in [0.717, 1.165) is 11.3 Å². The van der Waals surface area contributed by atoms with Gasteiger partial charge in [-0.25, -0.2) is 9.18 Å². The summed E-state index contributed by atoms with van der Waals surface area (Å²) in [7, 11) is -4.67. The topological polar surface area (TPSA) is 125 Å². The molecule has 0 unspecified atom stereocenters. The van der Waals surface area contributed by atoms with Crippen molar-refractivity contribution in [2.45, 2.75) is 47.5 Å². The highest BCUT2D eigenvalue weighted by atomic mass is 32.1. The average Bonchev–Trinajstić information content (AvgIpc) is 3.15. The third-order valence-corrected chi connectivity index (χ3v) is 7.26. The standard InChI is InChI=1S/C22H28FO9PS/c1-21(2,3)19(26)29-11-31-33(28,32-12-30-20(27)22(4,5)6)17(23)13-7-8-15-14(9-13)10-16(34-15)18(24)25/h7-10,17H,11-12H2,1-6H3,(H,24,25)/t17-/m0/s1. The molecule has 9 nitrogen and oxygen atoms in total. The molecule has 12 heteroatoms. The smallest absolute Gasteiger partial charge is 0.374 e. The molecule has 1 aromatic carbocycles. The van der Waals surface area contributed by atoms with Crippen LogP contribution in [0.4, 0.5) is 4.39 Å². The van der Waals surface area contributed by atoms with Crippen LogP contribution < -0.4 is 0 Å². The van der Waals surface area contributed by atoms with Crippen LogP contribution in [0.3, 0.4) is 0 Å². The van der Waals surface area contributed by atoms with E-state index in [1.54, 1.807) is 41.5 Å². The molecule has 0 bridgehead atoms. The third-order valence-electron chi connectivity index (χ3n) is 4.37. The lowest BCUT2D eigenvalue weighted by Crippen LogP contribution is -2.25. The van der Waals surface area contributed by atoms with E-state index >= 15 is 4.39 Å². The van der Waals surface area contributed by atoms with Crippen LogP contribution >= 0.6 is 18.9 Å². The van der Waals surface area contributed by atoms with Crippen LogP contribution in [0.5, 0.6) is 0 Å². The Morgan fingerprint density at radius 3 is 1.91 bits per heavy atom. The van der Waals surface area contributed by atoms with Gasteiger partial charge in [0.1, 0.15) is 4.88 Å². The highest BCUT2D eigenvalue weighted by molar-refractivity contribution is 7.54. The summed E-state index contributed by atoms with van der Waals surface area (Å²) in [5.74, 6) is -4.81. The fourth-order valence-corrected chi connectivity index (χ4v) is 4.55. The number of fused-ring (bicyclic) bond motifs is 1. The highest BCUT2D eigenvalue weighted by Crippen LogP contribution is 2.62. The molecule has 188 valence electrons. The predicted molar refractivity (Wildman–Crippen MR) is 123 cm³/mol. The van der Waals surface area contributed by atoms with Crippen molar-refractivity contribution in [1.29, 1.82) is 0 Å². The van der Waals surface area contributed by atoms with Gasteiger partial charge < -0.3 is 14.6 Å². The summed E-state index contributed by atoms with van der Waals surface area (Å²) in [5.41, 5.74) is -1.87. The zero-order chi connectivity index (χ0) is 25.9. The Kier molecular flexibility index (Phi) is 8.63. The number of halogens is 1. The van der Waals surface area contributed by atoms with E-state index in [0.29, 0.717) is 10.1 Å². The van der Waals surface area contributed by atoms with Gasteiger partial charge in [0.05, 0.1) is 10.8 Å². The number of thiophene rings is 1. The number of hydrogen-bond donors (Lipinski definition) is 1. The Labute approximate surface area is 200 Å². The Morgan fingerprint density at radius 1 is 0.971 bits per heavy atom. The first-order valence-corrected chi connectivity index (χ1v) is 12.6. The first-order valence-electron chi connectivity index (χ1n) is 10.2. The van der Waals surface area contributed by atoms with Gasteiger partial charge >= 0.3 is 25.5 Å². The summed E-state index contributed by atoms with van der Waals surface area (Å²) in [4.78, 5) is 35.2. The van der Waals surface area contributed by atoms with Crippen LogP contribution in [-0.4, -0.2) is 36.6 Å². The van der Waals surface area contributed by atoms with Crippen molar-refractivity contribution >= 4 is 46.9 Å². The van der Waals surface area contributed by atoms with E-state index < -0.39 is 55.8 Å². The molecule has 1 N–H and O–H groups in total. The molecule has 2 aromatic rings.